The van der Waals surface area contributed by atoms with Crippen LogP contribution in [0.3, 0.4) is 0 Å². The number of aliphatic carboxylic acids is 1. The van der Waals surface area contributed by atoms with E-state index < -0.39 is 85.6 Å². The number of benzene rings is 3. The number of aromatic nitrogens is 12. The lowest BCUT2D eigenvalue weighted by Crippen LogP contribution is -2.37. The average molecular weight is 1590 g/mol. The van der Waals surface area contributed by atoms with Crippen LogP contribution in [0.1, 0.15) is 101 Å². The molecule has 9 rings (SSSR count). The molecule has 0 aliphatic carbocycles. The third-order valence-corrected chi connectivity index (χ3v) is 19.3. The van der Waals surface area contributed by atoms with Crippen molar-refractivity contribution >= 4 is 34.1 Å². The van der Waals surface area contributed by atoms with Crippen molar-refractivity contribution in [3.63, 3.8) is 0 Å². The lowest BCUT2D eigenvalue weighted by molar-refractivity contribution is -0.168. The summed E-state index contributed by atoms with van der Waals surface area (Å²) in [6, 6.07) is 32.5. The van der Waals surface area contributed by atoms with Crippen LogP contribution < -0.4 is 14.2 Å². The molecule has 2 N–H and O–H groups in total. The Morgan fingerprint density at radius 2 is 0.784 bits per heavy atom. The maximum absolute atomic E-state index is 13.6. The molecule has 23 nitrogen and oxygen atoms in total. The zero-order valence-electron chi connectivity index (χ0n) is 65.3. The number of carbonyl (C=O) groups excluding carboxylic acids is 2. The van der Waals surface area contributed by atoms with E-state index in [0.29, 0.717) is 47.5 Å². The van der Waals surface area contributed by atoms with E-state index in [9.17, 15) is 53.9 Å². The maximum Gasteiger partial charge on any atom is 0.453 e. The molecule has 111 heavy (non-hydrogen) atoms. The van der Waals surface area contributed by atoms with Gasteiger partial charge in [-0.1, -0.05) is 112 Å². The molecular formula is C77H95F9N12O11Si2. The molecule has 0 atom stereocenters. The van der Waals surface area contributed by atoms with Crippen molar-refractivity contribution in [3.8, 4) is 85.2 Å². The minimum absolute atomic E-state index is 0.0278. The van der Waals surface area contributed by atoms with Gasteiger partial charge in [0.05, 0.1) is 16.2 Å². The smallest absolute Gasteiger partial charge is 0.453 e. The first-order valence-corrected chi connectivity index (χ1v) is 42.6. The van der Waals surface area contributed by atoms with Crippen molar-refractivity contribution in [1.29, 1.82) is 0 Å². The Labute approximate surface area is 640 Å². The Morgan fingerprint density at radius 3 is 1.12 bits per heavy atom. The van der Waals surface area contributed by atoms with Crippen LogP contribution in [0.2, 0.25) is 51.4 Å². The van der Waals surface area contributed by atoms with Crippen molar-refractivity contribution in [2.45, 2.75) is 178 Å². The minimum Gasteiger partial charge on any atom is -0.481 e. The Morgan fingerprint density at radius 1 is 0.423 bits per heavy atom. The van der Waals surface area contributed by atoms with E-state index in [1.807, 2.05) is 58.8 Å². The van der Waals surface area contributed by atoms with E-state index in [4.69, 9.17) is 38.3 Å². The van der Waals surface area contributed by atoms with Crippen LogP contribution in [0.15, 0.2) is 128 Å². The Hall–Kier alpha value is -9.94. The summed E-state index contributed by atoms with van der Waals surface area (Å²) >= 11 is 0. The van der Waals surface area contributed by atoms with Gasteiger partial charge in [0.25, 0.3) is 5.82 Å². The SMILES string of the molecule is CC(C)(C)OC(=O)C(C)(C)COc1ccc(-c2ccc(-c3nc(C(F)(F)F)n(COCC[Si](C)(C)C)n3)cc2)cn1.CC(C)(C)OC(=O)C(C)(C)COc1ccc(-c2ccc(-c3nc(C(F)(F)F)nn3COCC[Si](C)(C)C)cc2)cn1.CC(C)(COc1ccc(-c2ccc(-c3n[nH]c(C(F)(F)F)n3)cc2)cn1)C(=O)O. The van der Waals surface area contributed by atoms with Gasteiger partial charge in [0, 0.05) is 99.5 Å². The van der Waals surface area contributed by atoms with Crippen LogP contribution in [0, 0.1) is 16.2 Å². The molecule has 0 aliphatic rings. The van der Waals surface area contributed by atoms with Gasteiger partial charge < -0.3 is 38.3 Å². The monoisotopic (exact) mass is 1590 g/mol. The summed E-state index contributed by atoms with van der Waals surface area (Å²) < 4.78 is 160. The number of ether oxygens (including phenoxy) is 7. The summed E-state index contributed by atoms with van der Waals surface area (Å²) in [5, 5.41) is 22.3. The summed E-state index contributed by atoms with van der Waals surface area (Å²) in [6.45, 7) is 34.6. The number of nitrogens with zero attached hydrogens (tertiary/aromatic N) is 11. The number of hydrogen-bond acceptors (Lipinski definition) is 19. The molecule has 0 bridgehead atoms. The number of aromatic amines is 1. The number of nitrogens with one attached hydrogen (secondary N) is 1. The summed E-state index contributed by atoms with van der Waals surface area (Å²) in [5.41, 5.74) is 2.09. The van der Waals surface area contributed by atoms with Crippen LogP contribution in [-0.2, 0) is 65.3 Å². The average Bonchev–Trinajstić information content (AvgIpc) is 1.67. The van der Waals surface area contributed by atoms with Crippen molar-refractivity contribution in [2.75, 3.05) is 33.0 Å². The molecule has 0 amide bonds. The predicted octanol–water partition coefficient (Wildman–Crippen LogP) is 18.2. The van der Waals surface area contributed by atoms with E-state index in [1.54, 1.807) is 157 Å². The van der Waals surface area contributed by atoms with Gasteiger partial charge in [-0.05, 0) is 130 Å². The molecule has 0 unspecified atom stereocenters. The molecule has 6 heterocycles. The van der Waals surface area contributed by atoms with Crippen LogP contribution in [0.25, 0.3) is 67.5 Å². The fourth-order valence-corrected chi connectivity index (χ4v) is 10.7. The molecule has 0 aliphatic heterocycles. The number of hydrogen-bond donors (Lipinski definition) is 2. The highest BCUT2D eigenvalue weighted by molar-refractivity contribution is 6.76. The number of carboxylic acid groups (broad SMARTS) is 1. The number of carbonyl (C=O) groups is 3. The van der Waals surface area contributed by atoms with Crippen LogP contribution in [0.5, 0.6) is 17.6 Å². The number of H-pyrrole nitrogens is 1. The van der Waals surface area contributed by atoms with Crippen molar-refractivity contribution < 1.29 is 92.2 Å². The first-order chi connectivity index (χ1) is 51.2. The second-order valence-corrected chi connectivity index (χ2v) is 43.7. The van der Waals surface area contributed by atoms with Gasteiger partial charge in [0.2, 0.25) is 29.3 Å². The number of esters is 2. The third kappa shape index (κ3) is 27.5. The number of carboxylic acids is 1. The van der Waals surface area contributed by atoms with Gasteiger partial charge in [-0.3, -0.25) is 19.5 Å². The molecule has 0 saturated carbocycles. The highest BCUT2D eigenvalue weighted by Gasteiger charge is 2.41. The minimum atomic E-state index is -4.67. The first kappa shape index (κ1) is 88.3. The Kier molecular flexibility index (Phi) is 28.3. The Bertz CT molecular complexity index is 4530. The number of pyridine rings is 3. The fourth-order valence-electron chi connectivity index (χ4n) is 9.23. The predicted molar refractivity (Wildman–Crippen MR) is 403 cm³/mol. The number of alkyl halides is 9. The van der Waals surface area contributed by atoms with Gasteiger partial charge in [-0.2, -0.15) is 44.6 Å². The van der Waals surface area contributed by atoms with E-state index in [1.165, 1.54) is 0 Å². The summed E-state index contributed by atoms with van der Waals surface area (Å²) in [7, 11) is -2.72. The second kappa shape index (κ2) is 35.6. The zero-order chi connectivity index (χ0) is 82.5. The van der Waals surface area contributed by atoms with Crippen LogP contribution in [0.4, 0.5) is 39.5 Å². The molecular weight excluding hydrogens is 1500 g/mol. The molecule has 0 saturated heterocycles. The van der Waals surface area contributed by atoms with Gasteiger partial charge >= 0.3 is 36.4 Å². The van der Waals surface area contributed by atoms with Gasteiger partial charge in [-0.15, -0.1) is 10.2 Å². The molecule has 0 spiro atoms. The van der Waals surface area contributed by atoms with E-state index >= 15 is 0 Å². The summed E-state index contributed by atoms with van der Waals surface area (Å²) in [6.07, 6.45) is -9.10. The van der Waals surface area contributed by atoms with Crippen molar-refractivity contribution in [2.24, 2.45) is 16.2 Å². The summed E-state index contributed by atoms with van der Waals surface area (Å²) in [4.78, 5) is 59.8. The van der Waals surface area contributed by atoms with Crippen molar-refractivity contribution in [3.05, 3.63) is 145 Å². The van der Waals surface area contributed by atoms with Gasteiger partial charge in [-0.25, -0.2) is 39.3 Å². The number of halogens is 9. The lowest BCUT2D eigenvalue weighted by atomic mass is 9.94. The van der Waals surface area contributed by atoms with E-state index in [0.717, 1.165) is 54.8 Å². The number of rotatable bonds is 28. The standard InChI is InChI=1S/2C29H39F3N4O4Si.C19H17F3N4O3/c1-27(2,3)40-26(37)28(4,5)18-39-23-14-13-22(17-33-23)20-9-11-21(12-10-20)24-34-25(29(30,31)32)35-36(24)19-38-15-16-41(6,7)8;1-27(2,3)40-26(37)28(4,5)18-39-23-14-13-22(17-33-23)20-9-11-21(12-10-20)24-34-25(29(30,31)32)36(35-24)19-38-15-16-41(6,7)8;1-18(2,17(27)28)10-29-14-8-7-13(9-23-14)11-3-5-12(6-4-11)15-24-16(26-25-15)19(20,21)22/h2*9-14,17H,15-16,18-19H2,1-8H3;3-9H,10H2,1-2H3,(H,27,28)(H,24,25,26). The zero-order valence-corrected chi connectivity index (χ0v) is 67.3. The molecule has 6 aromatic heterocycles. The van der Waals surface area contributed by atoms with E-state index in [2.05, 4.69) is 84.5 Å². The molecule has 34 heteroatoms. The lowest BCUT2D eigenvalue weighted by Gasteiger charge is -2.28. The summed E-state index contributed by atoms with van der Waals surface area (Å²) in [5.74, 6) is -4.17. The fraction of sp³-hybridized carbons (Fsp3) is 0.455. The van der Waals surface area contributed by atoms with E-state index in [-0.39, 0.29) is 62.7 Å². The van der Waals surface area contributed by atoms with Gasteiger partial charge in [0.15, 0.2) is 17.5 Å². The van der Waals surface area contributed by atoms with Crippen LogP contribution >= 0.6 is 0 Å². The third-order valence-electron chi connectivity index (χ3n) is 15.9. The molecule has 0 radical (unpaired) electrons. The first-order valence-electron chi connectivity index (χ1n) is 35.2. The Balaban J connectivity index is 0.000000235. The van der Waals surface area contributed by atoms with Crippen molar-refractivity contribution in [1.82, 2.24) is 59.7 Å². The molecule has 9 aromatic rings. The molecule has 600 valence electrons. The quantitative estimate of drug-likeness (QED) is 0.0199. The molecule has 0 fully saturated rings. The maximum atomic E-state index is 13.6. The largest absolute Gasteiger partial charge is 0.481 e. The van der Waals surface area contributed by atoms with Gasteiger partial charge in [0.1, 0.15) is 44.5 Å². The highest BCUT2D eigenvalue weighted by Crippen LogP contribution is 2.36. The normalized spacial score (nSPS) is 12.6. The second-order valence-electron chi connectivity index (χ2n) is 32.4. The highest BCUT2D eigenvalue weighted by atomic mass is 28.3. The molecule has 3 aromatic carbocycles. The topological polar surface area (TPSA) is 278 Å². The van der Waals surface area contributed by atoms with Crippen LogP contribution in [-0.4, -0.2) is 143 Å².